The fourth-order valence-electron chi connectivity index (χ4n) is 4.75. The number of nitrogens with one attached hydrogen (secondary N) is 2. The summed E-state index contributed by atoms with van der Waals surface area (Å²) in [7, 11) is 0. The lowest BCUT2D eigenvalue weighted by atomic mass is 9.96. The van der Waals surface area contributed by atoms with Crippen molar-refractivity contribution in [1.82, 2.24) is 10.2 Å². The lowest BCUT2D eigenvalue weighted by molar-refractivity contribution is 0.0105. The van der Waals surface area contributed by atoms with Gasteiger partial charge >= 0.3 is 6.09 Å². The van der Waals surface area contributed by atoms with Gasteiger partial charge in [0.05, 0.1) is 11.6 Å². The normalized spacial score (nSPS) is 17.0. The molecule has 6 nitrogen and oxygen atoms in total. The van der Waals surface area contributed by atoms with Gasteiger partial charge in [-0.25, -0.2) is 4.79 Å². The number of nitrogens with zero attached hydrogens (tertiary/aromatic N) is 1. The Morgan fingerprint density at radius 1 is 1.00 bits per heavy atom. The van der Waals surface area contributed by atoms with E-state index in [9.17, 15) is 9.59 Å². The van der Waals surface area contributed by atoms with Gasteiger partial charge in [-0.3, -0.25) is 4.79 Å². The zero-order chi connectivity index (χ0) is 24.8. The van der Waals surface area contributed by atoms with Gasteiger partial charge in [0, 0.05) is 24.3 Å². The van der Waals surface area contributed by atoms with Crippen LogP contribution in [0.3, 0.4) is 0 Å². The molecule has 1 aliphatic carbocycles. The molecular weight excluding hydrogens is 438 g/mol. The van der Waals surface area contributed by atoms with E-state index in [-0.39, 0.29) is 23.6 Å². The number of anilines is 1. The van der Waals surface area contributed by atoms with Gasteiger partial charge in [0.2, 0.25) is 0 Å². The number of fused-ring (bicyclic) bond motifs is 1. The number of carbonyl (C=O) groups is 2. The second kappa shape index (κ2) is 8.59. The molecule has 0 unspecified atom stereocenters. The van der Waals surface area contributed by atoms with Crippen LogP contribution >= 0.6 is 0 Å². The standard InChI is InChI=1S/C29H33N3O3/c1-19-12-13-21(30-22-17-32(18-22)27(34)35-28(2,3)4)16-24(19)26(33)31-29(14-15-29)25-11-7-9-20-8-5-6-10-23(20)25/h5-13,16,22,30H,14-15,17-18H2,1-4H3,(H,31,33). The zero-order valence-electron chi connectivity index (χ0n) is 20.9. The van der Waals surface area contributed by atoms with Crippen LogP contribution in [0.2, 0.25) is 0 Å². The lowest BCUT2D eigenvalue weighted by Crippen LogP contribution is -2.57. The molecule has 35 heavy (non-hydrogen) atoms. The van der Waals surface area contributed by atoms with E-state index < -0.39 is 5.60 Å². The first-order chi connectivity index (χ1) is 16.6. The molecule has 1 saturated carbocycles. The molecule has 0 aromatic heterocycles. The Bertz CT molecular complexity index is 1280. The SMILES string of the molecule is Cc1ccc(NC2CN(C(=O)OC(C)(C)C)C2)cc1C(=O)NC1(c2cccc3ccccc23)CC1. The van der Waals surface area contributed by atoms with Crippen molar-refractivity contribution in [3.05, 3.63) is 77.4 Å². The van der Waals surface area contributed by atoms with E-state index in [1.54, 1.807) is 4.90 Å². The topological polar surface area (TPSA) is 70.7 Å². The summed E-state index contributed by atoms with van der Waals surface area (Å²) < 4.78 is 5.43. The van der Waals surface area contributed by atoms with Gasteiger partial charge in [-0.1, -0.05) is 48.5 Å². The van der Waals surface area contributed by atoms with E-state index in [2.05, 4.69) is 41.0 Å². The first kappa shape index (κ1) is 23.2. The first-order valence-corrected chi connectivity index (χ1v) is 12.3. The average molecular weight is 472 g/mol. The Morgan fingerprint density at radius 3 is 2.43 bits per heavy atom. The van der Waals surface area contributed by atoms with Crippen molar-refractivity contribution < 1.29 is 14.3 Å². The smallest absolute Gasteiger partial charge is 0.410 e. The summed E-state index contributed by atoms with van der Waals surface area (Å²) in [6.45, 7) is 8.72. The fraction of sp³-hybridized carbons (Fsp3) is 0.379. The zero-order valence-corrected chi connectivity index (χ0v) is 20.9. The highest BCUT2D eigenvalue weighted by Gasteiger charge is 2.46. The number of carbonyl (C=O) groups excluding carboxylic acids is 2. The number of aryl methyl sites for hydroxylation is 1. The predicted octanol–water partition coefficient (Wildman–Crippen LogP) is 5.60. The Morgan fingerprint density at radius 2 is 1.71 bits per heavy atom. The largest absolute Gasteiger partial charge is 0.444 e. The maximum Gasteiger partial charge on any atom is 0.410 e. The molecule has 0 atom stereocenters. The summed E-state index contributed by atoms with van der Waals surface area (Å²) in [6.07, 6.45) is 1.58. The van der Waals surface area contributed by atoms with E-state index in [0.29, 0.717) is 18.7 Å². The van der Waals surface area contributed by atoms with Gasteiger partial charge in [-0.05, 0) is 74.6 Å². The molecule has 2 fully saturated rings. The van der Waals surface area contributed by atoms with E-state index in [1.807, 2.05) is 58.0 Å². The van der Waals surface area contributed by atoms with Crippen LogP contribution in [-0.2, 0) is 10.3 Å². The van der Waals surface area contributed by atoms with Gasteiger partial charge in [0.25, 0.3) is 5.91 Å². The van der Waals surface area contributed by atoms with Crippen molar-refractivity contribution in [2.75, 3.05) is 18.4 Å². The van der Waals surface area contributed by atoms with E-state index in [1.165, 1.54) is 16.3 Å². The summed E-state index contributed by atoms with van der Waals surface area (Å²) >= 11 is 0. The first-order valence-electron chi connectivity index (χ1n) is 12.3. The van der Waals surface area contributed by atoms with Crippen molar-refractivity contribution in [3.63, 3.8) is 0 Å². The molecule has 0 radical (unpaired) electrons. The minimum Gasteiger partial charge on any atom is -0.444 e. The summed E-state index contributed by atoms with van der Waals surface area (Å²) in [5, 5.41) is 9.19. The summed E-state index contributed by atoms with van der Waals surface area (Å²) in [5.41, 5.74) is 2.86. The molecule has 6 heteroatoms. The van der Waals surface area contributed by atoms with E-state index in [4.69, 9.17) is 4.74 Å². The molecule has 2 N–H and O–H groups in total. The Balaban J connectivity index is 1.26. The second-order valence-corrected chi connectivity index (χ2v) is 10.8. The summed E-state index contributed by atoms with van der Waals surface area (Å²) in [5.74, 6) is -0.0550. The number of hydrogen-bond acceptors (Lipinski definition) is 4. The predicted molar refractivity (Wildman–Crippen MR) is 139 cm³/mol. The molecule has 182 valence electrons. The molecule has 1 saturated heterocycles. The lowest BCUT2D eigenvalue weighted by Gasteiger charge is -2.40. The van der Waals surface area contributed by atoms with Gasteiger partial charge in [-0.2, -0.15) is 0 Å². The highest BCUT2D eigenvalue weighted by atomic mass is 16.6. The number of ether oxygens (including phenoxy) is 1. The molecule has 2 aliphatic rings. The Labute approximate surface area is 206 Å². The monoisotopic (exact) mass is 471 g/mol. The van der Waals surface area contributed by atoms with Gasteiger partial charge in [0.1, 0.15) is 5.60 Å². The fourth-order valence-corrected chi connectivity index (χ4v) is 4.75. The van der Waals surface area contributed by atoms with Crippen molar-refractivity contribution >= 4 is 28.5 Å². The maximum atomic E-state index is 13.4. The van der Waals surface area contributed by atoms with E-state index >= 15 is 0 Å². The number of hydrogen-bond donors (Lipinski definition) is 2. The van der Waals surface area contributed by atoms with E-state index in [0.717, 1.165) is 24.1 Å². The Kier molecular flexibility index (Phi) is 5.70. The van der Waals surface area contributed by atoms with Crippen LogP contribution in [0.25, 0.3) is 10.8 Å². The molecule has 0 spiro atoms. The third-order valence-corrected chi connectivity index (χ3v) is 6.79. The van der Waals surface area contributed by atoms with Gasteiger partial charge in [0.15, 0.2) is 0 Å². The number of rotatable bonds is 5. The molecule has 3 aromatic rings. The van der Waals surface area contributed by atoms with Crippen LogP contribution in [0, 0.1) is 6.92 Å². The summed E-state index contributed by atoms with van der Waals surface area (Å²) in [4.78, 5) is 27.3. The van der Waals surface area contributed by atoms with Crippen molar-refractivity contribution in [3.8, 4) is 0 Å². The van der Waals surface area contributed by atoms with Crippen LogP contribution in [0.15, 0.2) is 60.7 Å². The number of benzene rings is 3. The van der Waals surface area contributed by atoms with Crippen LogP contribution in [0.5, 0.6) is 0 Å². The Hall–Kier alpha value is -3.54. The molecule has 1 aliphatic heterocycles. The number of amides is 2. The van der Waals surface area contributed by atoms with Crippen molar-refractivity contribution in [1.29, 1.82) is 0 Å². The minimum absolute atomic E-state index is 0.0550. The van der Waals surface area contributed by atoms with Gasteiger partial charge < -0.3 is 20.3 Å². The molecule has 1 heterocycles. The molecule has 5 rings (SSSR count). The highest BCUT2D eigenvalue weighted by molar-refractivity contribution is 5.98. The average Bonchev–Trinajstić information content (AvgIpc) is 3.55. The summed E-state index contributed by atoms with van der Waals surface area (Å²) in [6, 6.07) is 20.7. The molecule has 2 amide bonds. The molecule has 0 bridgehead atoms. The molecule has 3 aromatic carbocycles. The molecular formula is C29H33N3O3. The van der Waals surface area contributed by atoms with Crippen molar-refractivity contribution in [2.24, 2.45) is 0 Å². The second-order valence-electron chi connectivity index (χ2n) is 10.8. The van der Waals surface area contributed by atoms with Crippen LogP contribution in [0.1, 0.15) is 55.1 Å². The minimum atomic E-state index is -0.500. The third-order valence-electron chi connectivity index (χ3n) is 6.79. The quantitative estimate of drug-likeness (QED) is 0.508. The van der Waals surface area contributed by atoms with Crippen LogP contribution < -0.4 is 10.6 Å². The third kappa shape index (κ3) is 4.83. The number of likely N-dealkylation sites (tertiary alicyclic amines) is 1. The van der Waals surface area contributed by atoms with Crippen LogP contribution in [0.4, 0.5) is 10.5 Å². The van der Waals surface area contributed by atoms with Crippen molar-refractivity contribution in [2.45, 2.75) is 57.7 Å². The maximum absolute atomic E-state index is 13.4. The van der Waals surface area contributed by atoms with Gasteiger partial charge in [-0.15, -0.1) is 0 Å². The van der Waals surface area contributed by atoms with Crippen LogP contribution in [-0.4, -0.2) is 41.6 Å². The highest BCUT2D eigenvalue weighted by Crippen LogP contribution is 2.48.